The molecule has 1 aromatic carbocycles. The van der Waals surface area contributed by atoms with Gasteiger partial charge in [-0.25, -0.2) is 4.79 Å². The molecule has 0 saturated heterocycles. The van der Waals surface area contributed by atoms with Gasteiger partial charge in [-0.15, -0.1) is 13.2 Å². The minimum absolute atomic E-state index is 0.350. The maximum absolute atomic E-state index is 12.2. The number of nitriles is 1. The Kier molecular flexibility index (Phi) is 7.30. The summed E-state index contributed by atoms with van der Waals surface area (Å²) in [4.78, 5) is 12.2. The number of fused-ring (bicyclic) bond motifs is 1. The van der Waals surface area contributed by atoms with Gasteiger partial charge in [0.05, 0.1) is 25.3 Å². The summed E-state index contributed by atoms with van der Waals surface area (Å²) in [6, 6.07) is 8.14. The van der Waals surface area contributed by atoms with Crippen LogP contribution in [-0.2, 0) is 17.7 Å². The van der Waals surface area contributed by atoms with E-state index in [0.717, 1.165) is 11.9 Å². The van der Waals surface area contributed by atoms with Crippen molar-refractivity contribution in [2.75, 3.05) is 7.11 Å². The van der Waals surface area contributed by atoms with Crippen molar-refractivity contribution < 1.29 is 9.53 Å². The zero-order valence-corrected chi connectivity index (χ0v) is 17.8. The average Bonchev–Trinajstić information content (AvgIpc) is 3.09. The lowest BCUT2D eigenvalue weighted by Gasteiger charge is -2.23. The fourth-order valence-electron chi connectivity index (χ4n) is 4.60. The molecule has 30 heavy (non-hydrogen) atoms. The van der Waals surface area contributed by atoms with E-state index in [1.54, 1.807) is 6.08 Å². The molecular weight excluding hydrogens is 372 g/mol. The Balaban J connectivity index is 2.24. The number of benzene rings is 1. The molecule has 0 N–H and O–H groups in total. The van der Waals surface area contributed by atoms with Gasteiger partial charge in [0.25, 0.3) is 0 Å². The van der Waals surface area contributed by atoms with Crippen molar-refractivity contribution in [1.29, 1.82) is 5.26 Å². The van der Waals surface area contributed by atoms with Gasteiger partial charge < -0.3 is 9.30 Å². The number of ether oxygens (including phenoxy) is 1. The molecule has 4 nitrogen and oxygen atoms in total. The summed E-state index contributed by atoms with van der Waals surface area (Å²) >= 11 is 0. The summed E-state index contributed by atoms with van der Waals surface area (Å²) in [5.74, 6) is 0.154. The van der Waals surface area contributed by atoms with E-state index in [4.69, 9.17) is 4.74 Å². The molecule has 0 atom stereocenters. The van der Waals surface area contributed by atoms with Crippen molar-refractivity contribution in [3.05, 3.63) is 72.0 Å². The number of methoxy groups -OCH3 is 1. The summed E-state index contributed by atoms with van der Waals surface area (Å²) in [7, 11) is 1.40. The Morgan fingerprint density at radius 3 is 2.67 bits per heavy atom. The van der Waals surface area contributed by atoms with Crippen LogP contribution in [0.5, 0.6) is 0 Å². The van der Waals surface area contributed by atoms with Crippen LogP contribution in [0.15, 0.2) is 55.2 Å². The van der Waals surface area contributed by atoms with E-state index in [9.17, 15) is 10.1 Å². The fourth-order valence-corrected chi connectivity index (χ4v) is 4.60. The van der Waals surface area contributed by atoms with Crippen LogP contribution in [0, 0.1) is 11.3 Å². The quantitative estimate of drug-likeness (QED) is 0.299. The smallest absolute Gasteiger partial charge is 0.337 e. The number of hydrogen-bond acceptors (Lipinski definition) is 3. The van der Waals surface area contributed by atoms with E-state index in [1.165, 1.54) is 55.9 Å². The minimum atomic E-state index is -0.350. The lowest BCUT2D eigenvalue weighted by Crippen LogP contribution is -2.10. The van der Waals surface area contributed by atoms with Gasteiger partial charge in [0.15, 0.2) is 0 Å². The Bertz CT molecular complexity index is 1010. The predicted octanol–water partition coefficient (Wildman–Crippen LogP) is 6.23. The SMILES string of the molecule is C=CC/C=C(/C#N)Cn1c(CC=C)c(C2CCCCC2)c2ccc(C(=O)OC)cc21. The molecule has 0 unspecified atom stereocenters. The van der Waals surface area contributed by atoms with Gasteiger partial charge in [-0.2, -0.15) is 5.26 Å². The maximum Gasteiger partial charge on any atom is 0.337 e. The molecule has 0 aliphatic heterocycles. The highest BCUT2D eigenvalue weighted by Gasteiger charge is 2.26. The Hall–Kier alpha value is -3.06. The van der Waals surface area contributed by atoms with Crippen LogP contribution >= 0.6 is 0 Å². The molecule has 0 amide bonds. The lowest BCUT2D eigenvalue weighted by molar-refractivity contribution is 0.0601. The highest BCUT2D eigenvalue weighted by atomic mass is 16.5. The van der Waals surface area contributed by atoms with Crippen LogP contribution in [0.2, 0.25) is 0 Å². The minimum Gasteiger partial charge on any atom is -0.465 e. The highest BCUT2D eigenvalue weighted by Crippen LogP contribution is 2.41. The molecule has 2 aromatic rings. The summed E-state index contributed by atoms with van der Waals surface area (Å²) in [5, 5.41) is 10.9. The monoisotopic (exact) mass is 402 g/mol. The fraction of sp³-hybridized carbons (Fsp3) is 0.385. The molecule has 1 fully saturated rings. The Labute approximate surface area is 179 Å². The van der Waals surface area contributed by atoms with Crippen molar-refractivity contribution in [2.24, 2.45) is 0 Å². The van der Waals surface area contributed by atoms with Crippen molar-refractivity contribution in [3.8, 4) is 6.07 Å². The number of rotatable bonds is 8. The second-order valence-corrected chi connectivity index (χ2v) is 7.86. The van der Waals surface area contributed by atoms with Gasteiger partial charge in [0.2, 0.25) is 0 Å². The van der Waals surface area contributed by atoms with Gasteiger partial charge >= 0.3 is 5.97 Å². The second kappa shape index (κ2) is 10.1. The highest BCUT2D eigenvalue weighted by molar-refractivity contribution is 5.96. The zero-order valence-electron chi connectivity index (χ0n) is 17.8. The Morgan fingerprint density at radius 2 is 2.03 bits per heavy atom. The first-order valence-electron chi connectivity index (χ1n) is 10.7. The van der Waals surface area contributed by atoms with Crippen molar-refractivity contribution in [3.63, 3.8) is 0 Å². The van der Waals surface area contributed by atoms with Crippen LogP contribution in [0.25, 0.3) is 10.9 Å². The third kappa shape index (κ3) is 4.41. The molecular formula is C26H30N2O2. The lowest BCUT2D eigenvalue weighted by atomic mass is 9.82. The molecule has 1 aliphatic carbocycles. The van der Waals surface area contributed by atoms with E-state index in [1.807, 2.05) is 30.4 Å². The molecule has 4 heteroatoms. The number of carbonyl (C=O) groups excluding carboxylic acids is 1. The third-order valence-corrected chi connectivity index (χ3v) is 5.99. The largest absolute Gasteiger partial charge is 0.465 e. The summed E-state index contributed by atoms with van der Waals surface area (Å²) < 4.78 is 7.14. The zero-order chi connectivity index (χ0) is 21.5. The molecule has 0 bridgehead atoms. The molecule has 156 valence electrons. The van der Waals surface area contributed by atoms with Gasteiger partial charge in [-0.1, -0.05) is 43.6 Å². The van der Waals surface area contributed by atoms with Crippen LogP contribution in [0.4, 0.5) is 0 Å². The third-order valence-electron chi connectivity index (χ3n) is 5.99. The van der Waals surface area contributed by atoms with Crippen molar-refractivity contribution in [1.82, 2.24) is 4.57 Å². The van der Waals surface area contributed by atoms with Gasteiger partial charge in [-0.05, 0) is 42.9 Å². The average molecular weight is 403 g/mol. The number of nitrogens with zero attached hydrogens (tertiary/aromatic N) is 2. The molecule has 1 aliphatic rings. The van der Waals surface area contributed by atoms with Crippen molar-refractivity contribution in [2.45, 2.75) is 57.4 Å². The molecule has 1 heterocycles. The van der Waals surface area contributed by atoms with E-state index in [2.05, 4.69) is 23.8 Å². The molecule has 1 aromatic heterocycles. The predicted molar refractivity (Wildman–Crippen MR) is 122 cm³/mol. The number of aromatic nitrogens is 1. The van der Waals surface area contributed by atoms with E-state index in [0.29, 0.717) is 30.0 Å². The summed E-state index contributed by atoms with van der Waals surface area (Å²) in [5.41, 5.74) is 4.76. The standard InChI is InChI=1S/C26H30N2O2/c1-4-6-11-19(17-27)18-28-23(10-5-2)25(20-12-8-7-9-13-20)22-15-14-21(16-24(22)28)26(29)30-3/h4-5,11,14-16,20H,1-2,6-10,12-13,18H2,3H3/b19-11-. The number of hydrogen-bond donors (Lipinski definition) is 0. The topological polar surface area (TPSA) is 55.0 Å². The molecule has 0 spiro atoms. The van der Waals surface area contributed by atoms with Crippen molar-refractivity contribution >= 4 is 16.9 Å². The maximum atomic E-state index is 12.2. The number of esters is 1. The van der Waals surface area contributed by atoms with E-state index in [-0.39, 0.29) is 5.97 Å². The van der Waals surface area contributed by atoms with Gasteiger partial charge in [0.1, 0.15) is 0 Å². The Morgan fingerprint density at radius 1 is 1.27 bits per heavy atom. The number of carbonyl (C=O) groups is 1. The molecule has 0 radical (unpaired) electrons. The summed E-state index contributed by atoms with van der Waals surface area (Å²) in [6.07, 6.45) is 13.2. The molecule has 3 rings (SSSR count). The van der Waals surface area contributed by atoms with Crippen LogP contribution in [0.3, 0.4) is 0 Å². The van der Waals surface area contributed by atoms with Gasteiger partial charge in [-0.3, -0.25) is 0 Å². The second-order valence-electron chi connectivity index (χ2n) is 7.86. The van der Waals surface area contributed by atoms with Crippen LogP contribution in [-0.4, -0.2) is 17.6 Å². The first-order chi connectivity index (χ1) is 14.6. The van der Waals surface area contributed by atoms with E-state index >= 15 is 0 Å². The summed E-state index contributed by atoms with van der Waals surface area (Å²) in [6.45, 7) is 8.21. The first kappa shape index (κ1) is 21.6. The first-order valence-corrected chi connectivity index (χ1v) is 10.7. The van der Waals surface area contributed by atoms with Gasteiger partial charge in [0, 0.05) is 28.6 Å². The normalized spacial score (nSPS) is 15.0. The van der Waals surface area contributed by atoms with Crippen LogP contribution in [0.1, 0.15) is 66.1 Å². The molecule has 1 saturated carbocycles. The number of allylic oxidation sites excluding steroid dienone is 4. The van der Waals surface area contributed by atoms with Crippen LogP contribution < -0.4 is 0 Å². The van der Waals surface area contributed by atoms with E-state index < -0.39 is 0 Å².